The van der Waals surface area contributed by atoms with Crippen LogP contribution in [0.3, 0.4) is 0 Å². The number of rotatable bonds is 5. The Balaban J connectivity index is 2.80. The van der Waals surface area contributed by atoms with E-state index < -0.39 is 11.6 Å². The molecule has 0 saturated heterocycles. The van der Waals surface area contributed by atoms with E-state index in [0.29, 0.717) is 12.2 Å². The number of nitrogens with zero attached hydrogens (tertiary/aromatic N) is 1. The van der Waals surface area contributed by atoms with E-state index in [1.54, 1.807) is 6.92 Å². The molecule has 0 aromatic carbocycles. The van der Waals surface area contributed by atoms with Crippen LogP contribution in [0.4, 0.5) is 0 Å². The van der Waals surface area contributed by atoms with Crippen molar-refractivity contribution in [3.8, 4) is 17.6 Å². The molecule has 1 heterocycles. The monoisotopic (exact) mass is 328 g/mol. The highest BCUT2D eigenvalue weighted by atomic mass is 35.5. The predicted octanol–water partition coefficient (Wildman–Crippen LogP) is 3.46. The number of hydrogen-bond acceptors (Lipinski definition) is 3. The van der Waals surface area contributed by atoms with Gasteiger partial charge in [0.05, 0.1) is 16.8 Å². The van der Waals surface area contributed by atoms with E-state index in [4.69, 9.17) is 27.9 Å². The summed E-state index contributed by atoms with van der Waals surface area (Å²) in [6, 6.07) is 1.53. The summed E-state index contributed by atoms with van der Waals surface area (Å²) in [7, 11) is 0. The Hall–Kier alpha value is -1.44. The molecule has 0 aliphatic rings. The second-order valence-corrected chi connectivity index (χ2v) is 5.71. The van der Waals surface area contributed by atoms with Crippen LogP contribution in [0.5, 0.6) is 5.75 Å². The van der Waals surface area contributed by atoms with Crippen LogP contribution in [0.25, 0.3) is 0 Å². The number of carbonyl (C=O) groups excluding carboxylic acids is 1. The average molecular weight is 329 g/mol. The lowest BCUT2D eigenvalue weighted by molar-refractivity contribution is -0.129. The first-order valence-corrected chi connectivity index (χ1v) is 7.28. The van der Waals surface area contributed by atoms with Crippen molar-refractivity contribution < 1.29 is 9.53 Å². The molecule has 1 N–H and O–H groups in total. The molecule has 0 saturated carbocycles. The maximum absolute atomic E-state index is 12.2. The van der Waals surface area contributed by atoms with Crippen LogP contribution in [-0.2, 0) is 4.79 Å². The summed E-state index contributed by atoms with van der Waals surface area (Å²) in [4.78, 5) is 16.1. The first-order chi connectivity index (χ1) is 9.79. The summed E-state index contributed by atoms with van der Waals surface area (Å²) >= 11 is 11.6. The van der Waals surface area contributed by atoms with E-state index in [2.05, 4.69) is 22.1 Å². The van der Waals surface area contributed by atoms with Crippen LogP contribution in [0.1, 0.15) is 34.1 Å². The second-order valence-electron chi connectivity index (χ2n) is 4.95. The molecule has 1 unspecified atom stereocenters. The van der Waals surface area contributed by atoms with Gasteiger partial charge in [0, 0.05) is 6.07 Å². The van der Waals surface area contributed by atoms with Gasteiger partial charge in [-0.1, -0.05) is 36.0 Å². The van der Waals surface area contributed by atoms with E-state index >= 15 is 0 Å². The molecule has 21 heavy (non-hydrogen) atoms. The zero-order chi connectivity index (χ0) is 16.0. The van der Waals surface area contributed by atoms with Crippen molar-refractivity contribution in [2.24, 2.45) is 0 Å². The van der Waals surface area contributed by atoms with Crippen LogP contribution >= 0.6 is 23.2 Å². The molecular formula is C15H18Cl2N2O2. The summed E-state index contributed by atoms with van der Waals surface area (Å²) in [6.07, 6.45) is 1.28. The molecule has 0 fully saturated rings. The minimum absolute atomic E-state index is 0.195. The van der Waals surface area contributed by atoms with Gasteiger partial charge in [0.1, 0.15) is 10.9 Å². The van der Waals surface area contributed by atoms with E-state index in [1.807, 2.05) is 20.8 Å². The minimum atomic E-state index is -0.651. The van der Waals surface area contributed by atoms with Crippen molar-refractivity contribution in [3.05, 3.63) is 22.4 Å². The molecule has 0 aliphatic heterocycles. The molecule has 1 atom stereocenters. The number of carbonyl (C=O) groups is 1. The van der Waals surface area contributed by atoms with E-state index in [0.717, 1.165) is 0 Å². The van der Waals surface area contributed by atoms with E-state index in [-0.39, 0.29) is 16.1 Å². The molecule has 1 aromatic rings. The minimum Gasteiger partial charge on any atom is -0.479 e. The Kier molecular flexibility index (Phi) is 6.32. The van der Waals surface area contributed by atoms with E-state index in [1.165, 1.54) is 12.3 Å². The first kappa shape index (κ1) is 17.6. The standard InChI is InChI=1S/C15H18Cl2N2O2/c1-5-7-15(3,4)19-14(20)12(6-2)21-10-8-11(16)13(17)18-9-10/h8-9,12H,6H2,1-4H3,(H,19,20). The van der Waals surface area contributed by atoms with Crippen LogP contribution in [-0.4, -0.2) is 22.5 Å². The average Bonchev–Trinajstić information content (AvgIpc) is 2.39. The third-order valence-electron chi connectivity index (χ3n) is 2.59. The predicted molar refractivity (Wildman–Crippen MR) is 84.6 cm³/mol. The Morgan fingerprint density at radius 2 is 2.19 bits per heavy atom. The number of pyridine rings is 1. The van der Waals surface area contributed by atoms with Gasteiger partial charge in [-0.15, -0.1) is 5.92 Å². The van der Waals surface area contributed by atoms with Crippen molar-refractivity contribution in [1.82, 2.24) is 10.3 Å². The Morgan fingerprint density at radius 1 is 1.52 bits per heavy atom. The molecule has 4 nitrogen and oxygen atoms in total. The van der Waals surface area contributed by atoms with Gasteiger partial charge < -0.3 is 10.1 Å². The lowest BCUT2D eigenvalue weighted by Gasteiger charge is -2.24. The van der Waals surface area contributed by atoms with Crippen molar-refractivity contribution in [3.63, 3.8) is 0 Å². The maximum Gasteiger partial charge on any atom is 0.262 e. The summed E-state index contributed by atoms with van der Waals surface area (Å²) in [5.41, 5.74) is -0.613. The Labute approximate surface area is 135 Å². The summed E-state index contributed by atoms with van der Waals surface area (Å²) in [5.74, 6) is 5.86. The second kappa shape index (κ2) is 7.53. The smallest absolute Gasteiger partial charge is 0.262 e. The zero-order valence-corrected chi connectivity index (χ0v) is 14.0. The maximum atomic E-state index is 12.2. The van der Waals surface area contributed by atoms with Gasteiger partial charge >= 0.3 is 0 Å². The highest BCUT2D eigenvalue weighted by molar-refractivity contribution is 6.41. The molecular weight excluding hydrogens is 311 g/mol. The fraction of sp³-hybridized carbons (Fsp3) is 0.467. The third-order valence-corrected chi connectivity index (χ3v) is 3.27. The number of aromatic nitrogens is 1. The molecule has 0 aliphatic carbocycles. The fourth-order valence-electron chi connectivity index (χ4n) is 1.69. The lowest BCUT2D eigenvalue weighted by atomic mass is 10.1. The Bertz CT molecular complexity index is 577. The molecule has 0 radical (unpaired) electrons. The topological polar surface area (TPSA) is 51.2 Å². The first-order valence-electron chi connectivity index (χ1n) is 6.52. The van der Waals surface area contributed by atoms with Gasteiger partial charge in [-0.2, -0.15) is 0 Å². The number of nitrogens with one attached hydrogen (secondary N) is 1. The van der Waals surface area contributed by atoms with Gasteiger partial charge in [-0.05, 0) is 27.2 Å². The normalized spacial score (nSPS) is 12.1. The molecule has 0 bridgehead atoms. The third kappa shape index (κ3) is 5.45. The largest absolute Gasteiger partial charge is 0.479 e. The van der Waals surface area contributed by atoms with Gasteiger partial charge in [-0.25, -0.2) is 4.98 Å². The SMILES string of the molecule is CC#CC(C)(C)NC(=O)C(CC)Oc1cnc(Cl)c(Cl)c1. The molecule has 114 valence electrons. The Morgan fingerprint density at radius 3 is 2.71 bits per heavy atom. The van der Waals surface area contributed by atoms with Crippen molar-refractivity contribution >= 4 is 29.1 Å². The number of amides is 1. The van der Waals surface area contributed by atoms with Gasteiger partial charge in [-0.3, -0.25) is 4.79 Å². The molecule has 6 heteroatoms. The van der Waals surface area contributed by atoms with Crippen molar-refractivity contribution in [2.75, 3.05) is 0 Å². The fourth-order valence-corrected chi connectivity index (χ4v) is 1.95. The van der Waals surface area contributed by atoms with Crippen molar-refractivity contribution in [2.45, 2.75) is 45.8 Å². The molecule has 1 amide bonds. The van der Waals surface area contributed by atoms with Gasteiger partial charge in [0.25, 0.3) is 5.91 Å². The van der Waals surface area contributed by atoms with Gasteiger partial charge in [0.2, 0.25) is 0 Å². The summed E-state index contributed by atoms with van der Waals surface area (Å²) < 4.78 is 5.62. The van der Waals surface area contributed by atoms with Crippen LogP contribution in [0, 0.1) is 11.8 Å². The summed E-state index contributed by atoms with van der Waals surface area (Å²) in [6.45, 7) is 7.24. The lowest BCUT2D eigenvalue weighted by Crippen LogP contribution is -2.48. The number of halogens is 2. The molecule has 1 rings (SSSR count). The number of hydrogen-bond donors (Lipinski definition) is 1. The highest BCUT2D eigenvalue weighted by Crippen LogP contribution is 2.24. The quantitative estimate of drug-likeness (QED) is 0.665. The zero-order valence-electron chi connectivity index (χ0n) is 12.5. The van der Waals surface area contributed by atoms with Crippen molar-refractivity contribution in [1.29, 1.82) is 0 Å². The number of ether oxygens (including phenoxy) is 1. The molecule has 1 aromatic heterocycles. The van der Waals surface area contributed by atoms with E-state index in [9.17, 15) is 4.79 Å². The highest BCUT2D eigenvalue weighted by Gasteiger charge is 2.25. The van der Waals surface area contributed by atoms with Crippen LogP contribution in [0.2, 0.25) is 10.2 Å². The van der Waals surface area contributed by atoms with Crippen LogP contribution in [0.15, 0.2) is 12.3 Å². The van der Waals surface area contributed by atoms with Gasteiger partial charge in [0.15, 0.2) is 6.10 Å². The molecule has 0 spiro atoms. The van der Waals surface area contributed by atoms with Crippen LogP contribution < -0.4 is 10.1 Å². The summed E-state index contributed by atoms with van der Waals surface area (Å²) in [5, 5.41) is 3.31.